The molecule has 118 valence electrons. The molecule has 1 aromatic heterocycles. The first-order valence-electron chi connectivity index (χ1n) is 7.17. The van der Waals surface area contributed by atoms with Crippen LogP contribution in [0.25, 0.3) is 11.4 Å². The number of aromatic nitrogens is 2. The molecule has 2 aromatic rings. The maximum absolute atomic E-state index is 11.5. The van der Waals surface area contributed by atoms with Crippen LogP contribution in [0.4, 0.5) is 0 Å². The van der Waals surface area contributed by atoms with Gasteiger partial charge in [-0.05, 0) is 36.6 Å². The first kappa shape index (κ1) is 15.2. The molecule has 3 rings (SSSR count). The van der Waals surface area contributed by atoms with Gasteiger partial charge in [-0.15, -0.1) is 0 Å². The van der Waals surface area contributed by atoms with Crippen molar-refractivity contribution in [2.75, 3.05) is 19.5 Å². The van der Waals surface area contributed by atoms with Gasteiger partial charge in [0.2, 0.25) is 11.7 Å². The van der Waals surface area contributed by atoms with Gasteiger partial charge in [-0.25, -0.2) is 8.42 Å². The lowest BCUT2D eigenvalue weighted by Crippen LogP contribution is -2.23. The van der Waals surface area contributed by atoms with Gasteiger partial charge in [-0.1, -0.05) is 12.1 Å². The summed E-state index contributed by atoms with van der Waals surface area (Å²) in [5.74, 6) is 1.66. The highest BCUT2D eigenvalue weighted by atomic mass is 32.2. The predicted molar refractivity (Wildman–Crippen MR) is 80.2 cm³/mol. The summed E-state index contributed by atoms with van der Waals surface area (Å²) in [6, 6.07) is 6.49. The molecule has 0 amide bonds. The molecule has 2 atom stereocenters. The lowest BCUT2D eigenvalue weighted by Gasteiger charge is -2.25. The number of sulfone groups is 1. The first-order valence-corrected chi connectivity index (χ1v) is 9.06. The summed E-state index contributed by atoms with van der Waals surface area (Å²) in [7, 11) is -3.20. The lowest BCUT2D eigenvalue weighted by molar-refractivity contribution is 0.0392. The molecule has 0 bridgehead atoms. The Morgan fingerprint density at radius 3 is 2.59 bits per heavy atom. The molecular weight excluding hydrogens is 304 g/mol. The molecular formula is C15H18N2O4S. The molecule has 1 aliphatic heterocycles. The van der Waals surface area contributed by atoms with Crippen molar-refractivity contribution in [2.45, 2.75) is 24.2 Å². The maximum Gasteiger partial charge on any atom is 0.230 e. The van der Waals surface area contributed by atoms with Crippen molar-refractivity contribution in [3.05, 3.63) is 30.2 Å². The third kappa shape index (κ3) is 3.05. The number of hydrogen-bond donors (Lipinski definition) is 0. The van der Waals surface area contributed by atoms with Crippen LogP contribution in [0.5, 0.6) is 0 Å². The Morgan fingerprint density at radius 2 is 1.95 bits per heavy atom. The molecule has 6 nitrogen and oxygen atoms in total. The molecule has 22 heavy (non-hydrogen) atoms. The van der Waals surface area contributed by atoms with E-state index in [1.54, 1.807) is 24.3 Å². The summed E-state index contributed by atoms with van der Waals surface area (Å²) >= 11 is 0. The van der Waals surface area contributed by atoms with E-state index in [1.807, 2.05) is 0 Å². The number of nitrogens with zero attached hydrogens (tertiary/aromatic N) is 2. The average Bonchev–Trinajstić information content (AvgIpc) is 2.96. The second kappa shape index (κ2) is 5.81. The summed E-state index contributed by atoms with van der Waals surface area (Å²) < 4.78 is 33.7. The third-order valence-electron chi connectivity index (χ3n) is 3.94. The van der Waals surface area contributed by atoms with E-state index in [0.29, 0.717) is 30.8 Å². The molecule has 0 unspecified atom stereocenters. The van der Waals surface area contributed by atoms with Gasteiger partial charge in [0.05, 0.1) is 4.90 Å². The Balaban J connectivity index is 1.84. The van der Waals surface area contributed by atoms with E-state index in [4.69, 9.17) is 9.26 Å². The minimum Gasteiger partial charge on any atom is -0.381 e. The fourth-order valence-electron chi connectivity index (χ4n) is 2.60. The Morgan fingerprint density at radius 1 is 1.23 bits per heavy atom. The quantitative estimate of drug-likeness (QED) is 0.862. The largest absolute Gasteiger partial charge is 0.381 e. The van der Waals surface area contributed by atoms with Gasteiger partial charge in [0.15, 0.2) is 9.84 Å². The van der Waals surface area contributed by atoms with Crippen LogP contribution in [-0.2, 0) is 14.6 Å². The Hall–Kier alpha value is -1.73. The topological polar surface area (TPSA) is 82.3 Å². The second-order valence-electron chi connectivity index (χ2n) is 5.70. The predicted octanol–water partition coefficient (Wildman–Crippen LogP) is 2.28. The van der Waals surface area contributed by atoms with E-state index in [9.17, 15) is 8.42 Å². The fourth-order valence-corrected chi connectivity index (χ4v) is 3.23. The first-order chi connectivity index (χ1) is 10.4. The van der Waals surface area contributed by atoms with Gasteiger partial charge in [0.25, 0.3) is 0 Å². The normalized spacial score (nSPS) is 22.6. The monoisotopic (exact) mass is 322 g/mol. The van der Waals surface area contributed by atoms with Gasteiger partial charge in [-0.2, -0.15) is 4.98 Å². The number of hydrogen-bond acceptors (Lipinski definition) is 6. The molecule has 1 saturated heterocycles. The van der Waals surface area contributed by atoms with Gasteiger partial charge < -0.3 is 9.26 Å². The highest BCUT2D eigenvalue weighted by Crippen LogP contribution is 2.31. The van der Waals surface area contributed by atoms with Gasteiger partial charge >= 0.3 is 0 Å². The number of ether oxygens (including phenoxy) is 1. The van der Waals surface area contributed by atoms with E-state index in [2.05, 4.69) is 17.1 Å². The molecule has 1 aromatic carbocycles. The maximum atomic E-state index is 11.5. The summed E-state index contributed by atoms with van der Waals surface area (Å²) in [5.41, 5.74) is 0.738. The van der Waals surface area contributed by atoms with Crippen molar-refractivity contribution in [2.24, 2.45) is 5.92 Å². The van der Waals surface area contributed by atoms with Crippen LogP contribution < -0.4 is 0 Å². The molecule has 1 fully saturated rings. The lowest BCUT2D eigenvalue weighted by atomic mass is 9.90. The summed E-state index contributed by atoms with van der Waals surface area (Å²) in [6.07, 6.45) is 2.05. The van der Waals surface area contributed by atoms with Crippen molar-refractivity contribution in [3.63, 3.8) is 0 Å². The molecule has 0 radical (unpaired) electrons. The van der Waals surface area contributed by atoms with Crippen LogP contribution in [0.15, 0.2) is 33.7 Å². The Bertz CT molecular complexity index is 752. The SMILES string of the molecule is C[C@H]1COCC[C@H]1c1nc(-c2ccc(S(C)(=O)=O)cc2)no1. The van der Waals surface area contributed by atoms with Crippen molar-refractivity contribution >= 4 is 9.84 Å². The van der Waals surface area contributed by atoms with Crippen LogP contribution in [0.1, 0.15) is 25.2 Å². The van der Waals surface area contributed by atoms with Gasteiger partial charge in [0.1, 0.15) is 0 Å². The van der Waals surface area contributed by atoms with Crippen LogP contribution in [0.3, 0.4) is 0 Å². The fraction of sp³-hybridized carbons (Fsp3) is 0.467. The van der Waals surface area contributed by atoms with E-state index in [0.717, 1.165) is 12.0 Å². The Labute approximate surface area is 129 Å². The smallest absolute Gasteiger partial charge is 0.230 e. The van der Waals surface area contributed by atoms with E-state index >= 15 is 0 Å². The van der Waals surface area contributed by atoms with E-state index in [1.165, 1.54) is 6.26 Å². The van der Waals surface area contributed by atoms with Gasteiger partial charge in [0, 0.05) is 31.0 Å². The molecule has 0 spiro atoms. The van der Waals surface area contributed by atoms with Crippen molar-refractivity contribution < 1.29 is 17.7 Å². The van der Waals surface area contributed by atoms with Crippen LogP contribution in [0, 0.1) is 5.92 Å². The minimum absolute atomic E-state index is 0.213. The molecule has 2 heterocycles. The van der Waals surface area contributed by atoms with E-state index < -0.39 is 9.84 Å². The highest BCUT2D eigenvalue weighted by Gasteiger charge is 2.28. The second-order valence-corrected chi connectivity index (χ2v) is 7.72. The van der Waals surface area contributed by atoms with Crippen molar-refractivity contribution in [1.82, 2.24) is 10.1 Å². The Kier molecular flexibility index (Phi) is 4.01. The molecule has 0 N–H and O–H groups in total. The van der Waals surface area contributed by atoms with Crippen molar-refractivity contribution in [1.29, 1.82) is 0 Å². The third-order valence-corrected chi connectivity index (χ3v) is 5.07. The highest BCUT2D eigenvalue weighted by molar-refractivity contribution is 7.90. The zero-order valence-corrected chi connectivity index (χ0v) is 13.3. The van der Waals surface area contributed by atoms with Crippen LogP contribution in [-0.4, -0.2) is 38.0 Å². The molecule has 0 aliphatic carbocycles. The van der Waals surface area contributed by atoms with E-state index in [-0.39, 0.29) is 10.8 Å². The van der Waals surface area contributed by atoms with Gasteiger partial charge in [-0.3, -0.25) is 0 Å². The van der Waals surface area contributed by atoms with Crippen LogP contribution >= 0.6 is 0 Å². The number of benzene rings is 1. The molecule has 7 heteroatoms. The molecule has 1 aliphatic rings. The molecule has 0 saturated carbocycles. The minimum atomic E-state index is -3.20. The van der Waals surface area contributed by atoms with Crippen molar-refractivity contribution in [3.8, 4) is 11.4 Å². The summed E-state index contributed by atoms with van der Waals surface area (Å²) in [6.45, 7) is 3.51. The average molecular weight is 322 g/mol. The van der Waals surface area contributed by atoms with Crippen LogP contribution in [0.2, 0.25) is 0 Å². The number of rotatable bonds is 3. The summed E-state index contributed by atoms with van der Waals surface area (Å²) in [4.78, 5) is 4.74. The summed E-state index contributed by atoms with van der Waals surface area (Å²) in [5, 5.41) is 4.01. The zero-order chi connectivity index (χ0) is 15.7. The standard InChI is InChI=1S/C15H18N2O4S/c1-10-9-20-8-7-13(10)15-16-14(17-21-15)11-3-5-12(6-4-11)22(2,18)19/h3-6,10,13H,7-9H2,1-2H3/t10-,13+/m0/s1. The zero-order valence-electron chi connectivity index (χ0n) is 12.5.